The molecule has 5 aliphatic rings. The van der Waals surface area contributed by atoms with Crippen molar-refractivity contribution in [2.45, 2.75) is 160 Å². The van der Waals surface area contributed by atoms with Gasteiger partial charge in [0.1, 0.15) is 116 Å². The van der Waals surface area contributed by atoms with Gasteiger partial charge in [-0.25, -0.2) is 0 Å². The summed E-state index contributed by atoms with van der Waals surface area (Å²) in [5.74, 6) is -0.643. The van der Waals surface area contributed by atoms with Gasteiger partial charge in [-0.3, -0.25) is 4.79 Å². The quantitative estimate of drug-likeness (QED) is 0.0768. The van der Waals surface area contributed by atoms with Crippen molar-refractivity contribution in [1.82, 2.24) is 5.32 Å². The molecule has 5 rings (SSSR count). The molecule has 0 saturated carbocycles. The van der Waals surface area contributed by atoms with Crippen molar-refractivity contribution < 1.29 is 168 Å². The van der Waals surface area contributed by atoms with Crippen molar-refractivity contribution in [3.63, 3.8) is 0 Å². The molecule has 0 spiro atoms. The number of carbonyl (C=O) groups excluding carboxylic acids is 1. The van der Waals surface area contributed by atoms with Crippen molar-refractivity contribution in [2.75, 3.05) is 33.0 Å². The third kappa shape index (κ3) is 11.1. The topological polar surface area (TPSA) is 439 Å². The maximum atomic E-state index is 11.5. The largest absolute Gasteiger partial charge is 0.668 e. The average Bonchev–Trinajstić information content (AvgIpc) is 3.21. The fourth-order valence-corrected chi connectivity index (χ4v) is 7.38. The first-order chi connectivity index (χ1) is 27.9. The van der Waals surface area contributed by atoms with Crippen LogP contribution in [0, 0.1) is 44.1 Å². The van der Waals surface area contributed by atoms with Crippen LogP contribution in [-0.4, -0.2) is 269 Å². The average molecular weight is 1090 g/mol. The normalized spacial score (nSPS) is 50.1. The summed E-state index contributed by atoms with van der Waals surface area (Å²) in [6.07, 6.45) is -43.2. The maximum Gasteiger partial charge on any atom is 0.218 e. The van der Waals surface area contributed by atoms with Crippen molar-refractivity contribution >= 4 is 5.91 Å². The van der Waals surface area contributed by atoms with Crippen molar-refractivity contribution in [3.05, 3.63) is 5.73 Å². The molecule has 5 heterocycles. The Balaban J connectivity index is 0.00000794. The van der Waals surface area contributed by atoms with E-state index in [1.807, 2.05) is 0 Å². The second kappa shape index (κ2) is 22.9. The second-order valence-electron chi connectivity index (χ2n) is 14.7. The molecule has 28 heteroatoms. The van der Waals surface area contributed by atoms with E-state index in [0.29, 0.717) is 0 Å². The van der Waals surface area contributed by atoms with Gasteiger partial charge in [-0.2, -0.15) is 0 Å². The minimum Gasteiger partial charge on any atom is -0.668 e. The molecule has 1 radical (unpaired) electrons. The van der Waals surface area contributed by atoms with Gasteiger partial charge >= 0.3 is 0 Å². The molecule has 0 bridgehead atoms. The van der Waals surface area contributed by atoms with Crippen molar-refractivity contribution in [1.29, 1.82) is 0 Å². The Bertz CT molecular complexity index is 1330. The van der Waals surface area contributed by atoms with Crippen LogP contribution in [0.5, 0.6) is 0 Å². The molecule has 0 aromatic carbocycles. The minimum atomic E-state index is -2.07. The van der Waals surface area contributed by atoms with Crippen LogP contribution < -0.4 is 5.32 Å². The van der Waals surface area contributed by atoms with E-state index in [1.54, 1.807) is 0 Å². The number of nitrogens with one attached hydrogen (secondary N) is 2. The molecular formula is C32H55AcN2O25-. The second-order valence-corrected chi connectivity index (χ2v) is 14.7. The molecule has 60 heavy (non-hydrogen) atoms. The van der Waals surface area contributed by atoms with Crippen LogP contribution in [0.3, 0.4) is 0 Å². The number of aliphatic hydroxyl groups excluding tert-OH is 15. The molecule has 27 nitrogen and oxygen atoms in total. The summed E-state index contributed by atoms with van der Waals surface area (Å²) in [5, 5.41) is 159. The fraction of sp³-hybridized carbons (Fsp3) is 0.969. The Morgan fingerprint density at radius 2 is 0.817 bits per heavy atom. The Morgan fingerprint density at radius 3 is 1.27 bits per heavy atom. The summed E-state index contributed by atoms with van der Waals surface area (Å²) in [5.41, 5.74) is 8.69. The SMILES string of the molecule is CC(=O)NC1OC(CO)[C@@H](O[C@@H]2OC(CO)[C@H](O)C(O[C@@H]3OC(CO)[C@H](OC4OC(CO)[C@@H](O)C(OC5OC(CO)[C@@H](O)C(O)C5O)C4O)C(O)C3[NH-])C2O)C(O)C1O.[Ac]. The summed E-state index contributed by atoms with van der Waals surface area (Å²) in [6.45, 7) is -3.39. The third-order valence-corrected chi connectivity index (χ3v) is 10.7. The summed E-state index contributed by atoms with van der Waals surface area (Å²) in [4.78, 5) is 11.5. The Morgan fingerprint density at radius 1 is 0.450 bits per heavy atom. The van der Waals surface area contributed by atoms with Crippen LogP contribution in [-0.2, 0) is 47.4 Å². The molecular weight excluding hydrogens is 1040 g/mol. The van der Waals surface area contributed by atoms with Crippen LogP contribution >= 0.6 is 0 Å². The van der Waals surface area contributed by atoms with Gasteiger partial charge in [0.05, 0.1) is 39.1 Å². The number of carbonyl (C=O) groups is 1. The first-order valence-corrected chi connectivity index (χ1v) is 18.6. The van der Waals surface area contributed by atoms with E-state index in [2.05, 4.69) is 5.32 Å². The molecule has 0 aliphatic carbocycles. The molecule has 347 valence electrons. The van der Waals surface area contributed by atoms with E-state index in [4.69, 9.17) is 48.4 Å². The van der Waals surface area contributed by atoms with E-state index in [1.165, 1.54) is 0 Å². The number of hydrogen-bond acceptors (Lipinski definition) is 25. The number of ether oxygens (including phenoxy) is 9. The zero-order chi connectivity index (χ0) is 43.6. The number of rotatable bonds is 14. The summed E-state index contributed by atoms with van der Waals surface area (Å²) in [6, 6.07) is -1.92. The Labute approximate surface area is 376 Å². The van der Waals surface area contributed by atoms with Crippen LogP contribution in [0.15, 0.2) is 0 Å². The van der Waals surface area contributed by atoms with Gasteiger partial charge in [0.25, 0.3) is 0 Å². The summed E-state index contributed by atoms with van der Waals surface area (Å²) in [7, 11) is 0. The van der Waals surface area contributed by atoms with Crippen molar-refractivity contribution in [2.24, 2.45) is 0 Å². The predicted octanol–water partition coefficient (Wildman–Crippen LogP) is -10.7. The first kappa shape index (κ1) is 52.5. The summed E-state index contributed by atoms with van der Waals surface area (Å²) >= 11 is 0. The molecule has 0 aromatic rings. The standard InChI is InChI=1S/C32H55N2O25.Ac/c1-7(40)34-28-20(47)19(46)25(11(5-38)51-28)57-32-22(49)26(15(42)9(3-36)54-32)58-29-13(33)17(44)24(12(6-39)55-29)56-31-23(50)27(16(43)10(4-37)53-31)59-30-21(48)18(45)14(41)8(2-35)52-30;/h8-33,35-39,41-50H,2-6H2,1H3,(H,34,40);/q-1;/t8?,9?,10?,11?,12?,13?,14-,15+,16-,17?,18?,19?,20?,21?,22?,23?,24+,25-,26?,27?,28?,29+,30?,31?,32+;/m1./s1. The van der Waals surface area contributed by atoms with E-state index in [9.17, 15) is 81.4 Å². The smallest absolute Gasteiger partial charge is 0.218 e. The number of hydrogen-bond donors (Lipinski definition) is 16. The van der Waals surface area contributed by atoms with Crippen LogP contribution in [0.1, 0.15) is 6.92 Å². The van der Waals surface area contributed by atoms with Gasteiger partial charge in [-0.15, -0.1) is 0 Å². The number of aliphatic hydroxyl groups is 15. The van der Waals surface area contributed by atoms with Gasteiger partial charge in [0, 0.05) is 51.0 Å². The Hall–Kier alpha value is -0.0884. The van der Waals surface area contributed by atoms with Gasteiger partial charge in [0.15, 0.2) is 25.1 Å². The van der Waals surface area contributed by atoms with E-state index >= 15 is 0 Å². The van der Waals surface area contributed by atoms with Crippen molar-refractivity contribution in [3.8, 4) is 0 Å². The molecule has 5 aliphatic heterocycles. The van der Waals surface area contributed by atoms with Crippen LogP contribution in [0.2, 0.25) is 0 Å². The van der Waals surface area contributed by atoms with E-state index in [-0.39, 0.29) is 44.1 Å². The van der Waals surface area contributed by atoms with Crippen LogP contribution in [0.25, 0.3) is 5.73 Å². The maximum absolute atomic E-state index is 11.5. The molecule has 5 saturated heterocycles. The van der Waals surface area contributed by atoms with Gasteiger partial charge < -0.3 is 130 Å². The fourth-order valence-electron chi connectivity index (χ4n) is 7.38. The molecule has 1 amide bonds. The zero-order valence-electron chi connectivity index (χ0n) is 31.8. The first-order valence-electron chi connectivity index (χ1n) is 18.6. The van der Waals surface area contributed by atoms with E-state index < -0.39 is 192 Å². The molecule has 18 unspecified atom stereocenters. The van der Waals surface area contributed by atoms with Gasteiger partial charge in [-0.05, 0) is 0 Å². The van der Waals surface area contributed by atoms with Crippen LogP contribution in [0.4, 0.5) is 0 Å². The van der Waals surface area contributed by atoms with Gasteiger partial charge in [-0.1, -0.05) is 6.04 Å². The molecule has 5 fully saturated rings. The predicted molar refractivity (Wildman–Crippen MR) is 180 cm³/mol. The van der Waals surface area contributed by atoms with Gasteiger partial charge in [0.2, 0.25) is 5.91 Å². The number of amides is 1. The molecule has 25 atom stereocenters. The van der Waals surface area contributed by atoms with E-state index in [0.717, 1.165) is 6.92 Å². The molecule has 0 aromatic heterocycles. The monoisotopic (exact) mass is 1090 g/mol. The third-order valence-electron chi connectivity index (χ3n) is 10.7. The molecule has 17 N–H and O–H groups in total. The summed E-state index contributed by atoms with van der Waals surface area (Å²) < 4.78 is 50.0. The minimum absolute atomic E-state index is 0. The Kier molecular flexibility index (Phi) is 20.0. The zero-order valence-corrected chi connectivity index (χ0v) is 36.6.